The fourth-order valence-corrected chi connectivity index (χ4v) is 3.48. The van der Waals surface area contributed by atoms with E-state index in [2.05, 4.69) is 9.97 Å². The number of fused-ring (bicyclic) bond motifs is 1. The van der Waals surface area contributed by atoms with E-state index in [1.165, 1.54) is 0 Å². The van der Waals surface area contributed by atoms with Gasteiger partial charge in [0.2, 0.25) is 0 Å². The summed E-state index contributed by atoms with van der Waals surface area (Å²) in [5, 5.41) is 10.4. The number of carbonyl (C=O) groups excluding carboxylic acids is 1. The van der Waals surface area contributed by atoms with Crippen molar-refractivity contribution in [3.63, 3.8) is 0 Å². The average molecular weight is 336 g/mol. The summed E-state index contributed by atoms with van der Waals surface area (Å²) in [5.74, 6) is -0.125. The summed E-state index contributed by atoms with van der Waals surface area (Å²) < 4.78 is 1.91. The van der Waals surface area contributed by atoms with Gasteiger partial charge in [-0.15, -0.1) is 0 Å². The number of aryl methyl sites for hydroxylation is 1. The maximum absolute atomic E-state index is 12.9. The number of hydrogen-bond donors (Lipinski definition) is 1. The molecular weight excluding hydrogens is 316 g/mol. The second-order valence-corrected chi connectivity index (χ2v) is 6.54. The van der Waals surface area contributed by atoms with Gasteiger partial charge in [0.25, 0.3) is 5.91 Å². The fraction of sp³-hybridized carbons (Fsp3) is 0.316. The van der Waals surface area contributed by atoms with Crippen molar-refractivity contribution in [3.8, 4) is 0 Å². The number of aromatic nitrogens is 3. The maximum Gasteiger partial charge on any atom is 0.274 e. The smallest absolute Gasteiger partial charge is 0.274 e. The van der Waals surface area contributed by atoms with E-state index in [1.807, 2.05) is 53.9 Å². The highest BCUT2D eigenvalue weighted by Crippen LogP contribution is 2.23. The first-order valence-electron chi connectivity index (χ1n) is 8.44. The van der Waals surface area contributed by atoms with E-state index in [1.54, 1.807) is 11.1 Å². The summed E-state index contributed by atoms with van der Waals surface area (Å²) in [6.07, 6.45) is 3.77. The van der Waals surface area contributed by atoms with Gasteiger partial charge in [0.05, 0.1) is 11.8 Å². The lowest BCUT2D eigenvalue weighted by molar-refractivity contribution is 0.0759. The standard InChI is InChI=1S/C19H20N4O2/c1-13-18(21-17-7-3-5-9-23(13)17)19(25)22-11-14(16(24)12-22)10-15-6-2-4-8-20-15/h2-9,14,16,24H,10-12H2,1H3/t14-,16-/m1/s1. The number of rotatable bonds is 3. The molecule has 4 rings (SSSR count). The summed E-state index contributed by atoms with van der Waals surface area (Å²) in [5.41, 5.74) is 2.97. The number of carbonyl (C=O) groups is 1. The van der Waals surface area contributed by atoms with E-state index >= 15 is 0 Å². The van der Waals surface area contributed by atoms with Crippen molar-refractivity contribution in [1.29, 1.82) is 0 Å². The molecule has 1 saturated heterocycles. The second-order valence-electron chi connectivity index (χ2n) is 6.54. The summed E-state index contributed by atoms with van der Waals surface area (Å²) in [6.45, 7) is 2.75. The lowest BCUT2D eigenvalue weighted by Crippen LogP contribution is -2.30. The summed E-state index contributed by atoms with van der Waals surface area (Å²) >= 11 is 0. The minimum Gasteiger partial charge on any atom is -0.391 e. The number of aliphatic hydroxyl groups is 1. The molecule has 4 heterocycles. The van der Waals surface area contributed by atoms with Crippen molar-refractivity contribution in [2.24, 2.45) is 5.92 Å². The van der Waals surface area contributed by atoms with Crippen molar-refractivity contribution in [3.05, 3.63) is 65.9 Å². The van der Waals surface area contributed by atoms with E-state index in [-0.39, 0.29) is 11.8 Å². The number of imidazole rings is 1. The van der Waals surface area contributed by atoms with E-state index in [0.29, 0.717) is 25.2 Å². The Bertz CT molecular complexity index is 906. The van der Waals surface area contributed by atoms with Gasteiger partial charge >= 0.3 is 0 Å². The van der Waals surface area contributed by atoms with Gasteiger partial charge in [-0.25, -0.2) is 4.98 Å². The summed E-state index contributed by atoms with van der Waals surface area (Å²) in [6, 6.07) is 11.5. The first-order valence-corrected chi connectivity index (χ1v) is 8.44. The Balaban J connectivity index is 1.54. The second kappa shape index (κ2) is 6.29. The Kier molecular flexibility index (Phi) is 3.97. The third-order valence-electron chi connectivity index (χ3n) is 4.86. The molecule has 0 radical (unpaired) electrons. The lowest BCUT2D eigenvalue weighted by Gasteiger charge is -2.15. The van der Waals surface area contributed by atoms with Crippen LogP contribution in [0.1, 0.15) is 21.9 Å². The molecule has 3 aromatic heterocycles. The zero-order chi connectivity index (χ0) is 17.4. The molecule has 0 aromatic carbocycles. The number of likely N-dealkylation sites (tertiary alicyclic amines) is 1. The predicted octanol–water partition coefficient (Wildman–Crippen LogP) is 1.71. The molecule has 3 aromatic rings. The minimum atomic E-state index is -0.539. The van der Waals surface area contributed by atoms with Crippen LogP contribution in [0.2, 0.25) is 0 Å². The zero-order valence-electron chi connectivity index (χ0n) is 14.0. The fourth-order valence-electron chi connectivity index (χ4n) is 3.48. The van der Waals surface area contributed by atoms with E-state index < -0.39 is 6.10 Å². The molecule has 128 valence electrons. The predicted molar refractivity (Wildman–Crippen MR) is 93.3 cm³/mol. The number of amides is 1. The first kappa shape index (κ1) is 15.8. The first-order chi connectivity index (χ1) is 12.1. The normalized spacial score (nSPS) is 20.3. The third kappa shape index (κ3) is 2.89. The van der Waals surface area contributed by atoms with Crippen molar-refractivity contribution in [2.75, 3.05) is 13.1 Å². The monoisotopic (exact) mass is 336 g/mol. The summed E-state index contributed by atoms with van der Waals surface area (Å²) in [4.78, 5) is 23.4. The van der Waals surface area contributed by atoms with Crippen LogP contribution in [0.3, 0.4) is 0 Å². The molecule has 0 aliphatic carbocycles. The van der Waals surface area contributed by atoms with Gasteiger partial charge < -0.3 is 14.4 Å². The van der Waals surface area contributed by atoms with Gasteiger partial charge in [-0.3, -0.25) is 9.78 Å². The van der Waals surface area contributed by atoms with Crippen LogP contribution in [0, 0.1) is 12.8 Å². The Morgan fingerprint density at radius 2 is 2.08 bits per heavy atom. The van der Waals surface area contributed by atoms with Gasteiger partial charge in [0.15, 0.2) is 0 Å². The topological polar surface area (TPSA) is 70.7 Å². The largest absolute Gasteiger partial charge is 0.391 e. The van der Waals surface area contributed by atoms with E-state index in [9.17, 15) is 9.90 Å². The van der Waals surface area contributed by atoms with Crippen LogP contribution in [0.4, 0.5) is 0 Å². The van der Waals surface area contributed by atoms with Gasteiger partial charge in [-0.1, -0.05) is 12.1 Å². The number of pyridine rings is 2. The molecule has 0 spiro atoms. The van der Waals surface area contributed by atoms with Crippen molar-refractivity contribution in [2.45, 2.75) is 19.4 Å². The molecule has 6 nitrogen and oxygen atoms in total. The molecular formula is C19H20N4O2. The van der Waals surface area contributed by atoms with Gasteiger partial charge in [-0.05, 0) is 37.6 Å². The minimum absolute atomic E-state index is 0.00353. The average Bonchev–Trinajstić information content (AvgIpc) is 3.16. The number of nitrogens with zero attached hydrogens (tertiary/aromatic N) is 4. The van der Waals surface area contributed by atoms with Crippen LogP contribution in [-0.4, -0.2) is 49.5 Å². The van der Waals surface area contributed by atoms with Gasteiger partial charge in [0.1, 0.15) is 11.3 Å². The van der Waals surface area contributed by atoms with E-state index in [0.717, 1.165) is 17.0 Å². The van der Waals surface area contributed by atoms with Crippen LogP contribution in [-0.2, 0) is 6.42 Å². The van der Waals surface area contributed by atoms with Crippen LogP contribution >= 0.6 is 0 Å². The molecule has 1 fully saturated rings. The Morgan fingerprint density at radius 1 is 1.24 bits per heavy atom. The Hall–Kier alpha value is -2.73. The highest BCUT2D eigenvalue weighted by molar-refractivity contribution is 5.94. The Morgan fingerprint density at radius 3 is 2.84 bits per heavy atom. The molecule has 1 amide bonds. The SMILES string of the molecule is Cc1c(C(=O)N2C[C@@H](Cc3ccccn3)[C@H](O)C2)nc2ccccn12. The third-order valence-corrected chi connectivity index (χ3v) is 4.86. The molecule has 6 heteroatoms. The van der Waals surface area contributed by atoms with Crippen molar-refractivity contribution >= 4 is 11.6 Å². The van der Waals surface area contributed by atoms with Gasteiger partial charge in [-0.2, -0.15) is 0 Å². The maximum atomic E-state index is 12.9. The van der Waals surface area contributed by atoms with E-state index in [4.69, 9.17) is 0 Å². The molecule has 1 aliphatic heterocycles. The number of β-amino-alcohol motifs (C(OH)–C–C–N with tert-alkyl or cyclic N) is 1. The number of hydrogen-bond acceptors (Lipinski definition) is 4. The molecule has 1 N–H and O–H groups in total. The van der Waals surface area contributed by atoms with Crippen LogP contribution in [0.15, 0.2) is 48.8 Å². The molecule has 25 heavy (non-hydrogen) atoms. The van der Waals surface area contributed by atoms with Crippen LogP contribution in [0.5, 0.6) is 0 Å². The van der Waals surface area contributed by atoms with Gasteiger partial charge in [0, 0.05) is 37.1 Å². The number of aliphatic hydroxyl groups excluding tert-OH is 1. The van der Waals surface area contributed by atoms with Crippen molar-refractivity contribution < 1.29 is 9.90 Å². The zero-order valence-corrected chi connectivity index (χ0v) is 14.0. The quantitative estimate of drug-likeness (QED) is 0.790. The molecule has 2 atom stereocenters. The van der Waals surface area contributed by atoms with Crippen LogP contribution in [0.25, 0.3) is 5.65 Å². The molecule has 0 saturated carbocycles. The molecule has 1 aliphatic rings. The molecule has 0 unspecified atom stereocenters. The van der Waals surface area contributed by atoms with Crippen molar-refractivity contribution in [1.82, 2.24) is 19.3 Å². The summed E-state index contributed by atoms with van der Waals surface area (Å²) in [7, 11) is 0. The van der Waals surface area contributed by atoms with Crippen LogP contribution < -0.4 is 0 Å². The molecule has 0 bridgehead atoms. The highest BCUT2D eigenvalue weighted by atomic mass is 16.3. The lowest BCUT2D eigenvalue weighted by atomic mass is 10.00. The highest BCUT2D eigenvalue weighted by Gasteiger charge is 2.35. The Labute approximate surface area is 145 Å².